The average molecular weight is 394 g/mol. The Bertz CT molecular complexity index is 939. The van der Waals surface area contributed by atoms with Gasteiger partial charge in [0.15, 0.2) is 0 Å². The summed E-state index contributed by atoms with van der Waals surface area (Å²) in [5, 5.41) is 12.3. The summed E-state index contributed by atoms with van der Waals surface area (Å²) < 4.78 is 0. The molecule has 0 heterocycles. The maximum atomic E-state index is 9.04. The molecule has 1 aliphatic carbocycles. The third-order valence-electron chi connectivity index (χ3n) is 6.45. The van der Waals surface area contributed by atoms with Gasteiger partial charge in [0.1, 0.15) is 0 Å². The van der Waals surface area contributed by atoms with Gasteiger partial charge in [-0.25, -0.2) is 0 Å². The van der Waals surface area contributed by atoms with Gasteiger partial charge in [-0.2, -0.15) is 0 Å². The van der Waals surface area contributed by atoms with E-state index in [0.717, 1.165) is 16.8 Å². The first-order valence-electron chi connectivity index (χ1n) is 10.3. The highest BCUT2D eigenvalue weighted by atomic mass is 16.4. The van der Waals surface area contributed by atoms with Gasteiger partial charge in [-0.1, -0.05) is 38.9 Å². The lowest BCUT2D eigenvalue weighted by Gasteiger charge is -2.43. The molecule has 0 saturated carbocycles. The minimum atomic E-state index is 0.146. The van der Waals surface area contributed by atoms with Gasteiger partial charge in [-0.15, -0.1) is 0 Å². The van der Waals surface area contributed by atoms with Crippen molar-refractivity contribution in [1.82, 2.24) is 0 Å². The number of nitrogens with zero attached hydrogens (tertiary/aromatic N) is 3. The molecule has 3 rings (SSSR count). The van der Waals surface area contributed by atoms with Crippen LogP contribution in [0.1, 0.15) is 57.2 Å². The van der Waals surface area contributed by atoms with E-state index >= 15 is 0 Å². The van der Waals surface area contributed by atoms with Crippen LogP contribution < -0.4 is 9.80 Å². The van der Waals surface area contributed by atoms with E-state index in [1.165, 1.54) is 41.4 Å². The zero-order chi connectivity index (χ0) is 21.6. The van der Waals surface area contributed by atoms with E-state index in [2.05, 4.69) is 95.1 Å². The number of rotatable bonds is 4. The Balaban J connectivity index is 2.37. The molecule has 0 atom stereocenters. The first kappa shape index (κ1) is 21.2. The monoisotopic (exact) mass is 393 g/mol. The second-order valence-corrected chi connectivity index (χ2v) is 9.99. The average Bonchev–Trinajstić information content (AvgIpc) is 2.64. The summed E-state index contributed by atoms with van der Waals surface area (Å²) in [6, 6.07) is 11.0. The van der Waals surface area contributed by atoms with E-state index < -0.39 is 0 Å². The van der Waals surface area contributed by atoms with Gasteiger partial charge in [0, 0.05) is 50.7 Å². The molecule has 156 valence electrons. The first-order valence-corrected chi connectivity index (χ1v) is 10.3. The quantitative estimate of drug-likeness (QED) is 0.415. The zero-order valence-corrected chi connectivity index (χ0v) is 19.2. The molecule has 0 aromatic heterocycles. The van der Waals surface area contributed by atoms with E-state index in [4.69, 9.17) is 5.21 Å². The fourth-order valence-electron chi connectivity index (χ4n) is 4.49. The van der Waals surface area contributed by atoms with E-state index in [1.54, 1.807) is 0 Å². The number of anilines is 2. The summed E-state index contributed by atoms with van der Waals surface area (Å²) in [7, 11) is 8.36. The van der Waals surface area contributed by atoms with E-state index in [-0.39, 0.29) is 10.8 Å². The Morgan fingerprint density at radius 2 is 1.31 bits per heavy atom. The molecule has 0 radical (unpaired) electrons. The zero-order valence-electron chi connectivity index (χ0n) is 19.2. The summed E-state index contributed by atoms with van der Waals surface area (Å²) in [6.07, 6.45) is 3.87. The molecule has 1 N–H and O–H groups in total. The lowest BCUT2D eigenvalue weighted by molar-refractivity contribution is 0.322. The number of benzene rings is 2. The van der Waals surface area contributed by atoms with Crippen molar-refractivity contribution in [2.45, 2.75) is 51.4 Å². The van der Waals surface area contributed by atoms with Gasteiger partial charge in [0.2, 0.25) is 0 Å². The highest BCUT2D eigenvalue weighted by Crippen LogP contribution is 2.50. The van der Waals surface area contributed by atoms with Crippen molar-refractivity contribution in [1.29, 1.82) is 0 Å². The molecule has 2 aromatic rings. The van der Waals surface area contributed by atoms with E-state index in [1.807, 2.05) is 6.07 Å². The topological polar surface area (TPSA) is 39.1 Å². The molecule has 0 amide bonds. The Morgan fingerprint density at radius 3 is 1.83 bits per heavy atom. The van der Waals surface area contributed by atoms with Crippen LogP contribution in [0.4, 0.5) is 11.4 Å². The Hall–Kier alpha value is -2.49. The van der Waals surface area contributed by atoms with Gasteiger partial charge in [0.05, 0.1) is 6.21 Å². The fraction of sp³-hybridized carbons (Fsp3) is 0.480. The number of fused-ring (bicyclic) bond motifs is 1. The van der Waals surface area contributed by atoms with E-state index in [0.29, 0.717) is 0 Å². The normalized spacial score (nSPS) is 17.2. The van der Waals surface area contributed by atoms with Crippen molar-refractivity contribution in [2.75, 3.05) is 38.0 Å². The minimum absolute atomic E-state index is 0.146. The Morgan fingerprint density at radius 1 is 0.793 bits per heavy atom. The van der Waals surface area contributed by atoms with Crippen LogP contribution in [0.5, 0.6) is 0 Å². The van der Waals surface area contributed by atoms with Crippen LogP contribution in [0.3, 0.4) is 0 Å². The lowest BCUT2D eigenvalue weighted by Crippen LogP contribution is -2.34. The third-order valence-corrected chi connectivity index (χ3v) is 6.45. The van der Waals surface area contributed by atoms with Crippen LogP contribution in [-0.2, 0) is 10.8 Å². The predicted octanol–water partition coefficient (Wildman–Crippen LogP) is 5.64. The van der Waals surface area contributed by atoms with Gasteiger partial charge in [0.25, 0.3) is 0 Å². The minimum Gasteiger partial charge on any atom is -0.411 e. The van der Waals surface area contributed by atoms with Crippen LogP contribution >= 0.6 is 0 Å². The van der Waals surface area contributed by atoms with Gasteiger partial charge in [-0.3, -0.25) is 0 Å². The van der Waals surface area contributed by atoms with Crippen molar-refractivity contribution in [3.63, 3.8) is 0 Å². The van der Waals surface area contributed by atoms with Gasteiger partial charge < -0.3 is 15.0 Å². The van der Waals surface area contributed by atoms with Gasteiger partial charge in [-0.05, 0) is 64.6 Å². The smallest absolute Gasteiger partial charge is 0.0734 e. The SMILES string of the molecule is CN(C)c1ccc(/C=N/O)cc1-c1cc2c(cc1N(C)C)C(C)(C)CCC2(C)C. The highest BCUT2D eigenvalue weighted by molar-refractivity contribution is 5.92. The standard InChI is InChI=1S/C25H35N3O/c1-24(2)11-12-25(3,4)21-15-23(28(7)8)19(14-20(21)24)18-13-17(16-26-29)9-10-22(18)27(5)6/h9-10,13-16,29H,11-12H2,1-8H3/b26-16+. The molecule has 0 unspecified atom stereocenters. The first-order chi connectivity index (χ1) is 13.5. The number of oxime groups is 1. The van der Waals surface area contributed by atoms with Crippen LogP contribution in [0, 0.1) is 0 Å². The van der Waals surface area contributed by atoms with Crippen molar-refractivity contribution < 1.29 is 5.21 Å². The molecule has 0 fully saturated rings. The molecule has 0 spiro atoms. The predicted molar refractivity (Wildman–Crippen MR) is 125 cm³/mol. The Labute approximate surface area is 175 Å². The maximum Gasteiger partial charge on any atom is 0.0734 e. The third kappa shape index (κ3) is 3.85. The maximum absolute atomic E-state index is 9.04. The summed E-state index contributed by atoms with van der Waals surface area (Å²) in [4.78, 5) is 4.35. The molecule has 0 saturated heterocycles. The lowest BCUT2D eigenvalue weighted by atomic mass is 9.62. The number of hydrogen-bond donors (Lipinski definition) is 1. The fourth-order valence-corrected chi connectivity index (χ4v) is 4.49. The molecule has 0 aliphatic heterocycles. The summed E-state index contributed by atoms with van der Waals surface area (Å²) in [5.74, 6) is 0. The molecule has 1 aliphatic rings. The molecule has 29 heavy (non-hydrogen) atoms. The highest BCUT2D eigenvalue weighted by Gasteiger charge is 2.38. The van der Waals surface area contributed by atoms with Crippen molar-refractivity contribution >= 4 is 17.6 Å². The summed E-state index contributed by atoms with van der Waals surface area (Å²) in [6.45, 7) is 9.46. The van der Waals surface area contributed by atoms with Crippen molar-refractivity contribution in [2.24, 2.45) is 5.16 Å². The summed E-state index contributed by atoms with van der Waals surface area (Å²) >= 11 is 0. The van der Waals surface area contributed by atoms with Gasteiger partial charge >= 0.3 is 0 Å². The van der Waals surface area contributed by atoms with Crippen LogP contribution in [0.15, 0.2) is 35.5 Å². The largest absolute Gasteiger partial charge is 0.411 e. The second kappa shape index (κ2) is 7.40. The van der Waals surface area contributed by atoms with Crippen LogP contribution in [0.2, 0.25) is 0 Å². The van der Waals surface area contributed by atoms with E-state index in [9.17, 15) is 0 Å². The van der Waals surface area contributed by atoms with Crippen LogP contribution in [0.25, 0.3) is 11.1 Å². The molecule has 4 heteroatoms. The van der Waals surface area contributed by atoms with Crippen LogP contribution in [-0.4, -0.2) is 39.6 Å². The van der Waals surface area contributed by atoms with Crippen molar-refractivity contribution in [3.8, 4) is 11.1 Å². The molecule has 4 nitrogen and oxygen atoms in total. The Kier molecular flexibility index (Phi) is 5.42. The number of hydrogen-bond acceptors (Lipinski definition) is 4. The summed E-state index contributed by atoms with van der Waals surface area (Å²) in [5.41, 5.74) is 8.84. The molecular formula is C25H35N3O. The molecule has 2 aromatic carbocycles. The molecule has 0 bridgehead atoms. The molecular weight excluding hydrogens is 358 g/mol. The van der Waals surface area contributed by atoms with Crippen molar-refractivity contribution in [3.05, 3.63) is 47.0 Å². The second-order valence-electron chi connectivity index (χ2n) is 9.99.